The van der Waals surface area contributed by atoms with Crippen LogP contribution in [0.4, 0.5) is 0 Å². The van der Waals surface area contributed by atoms with Gasteiger partial charge < -0.3 is 9.40 Å². The molecule has 0 aliphatic rings. The Morgan fingerprint density at radius 1 is 0.469 bits per heavy atom. The van der Waals surface area contributed by atoms with Crippen LogP contribution in [0.3, 0.4) is 0 Å². The molecule has 8 rings (SSSR count). The number of benzene rings is 6. The number of hydrogen-bond donors (Lipinski definition) is 1. The van der Waals surface area contributed by atoms with E-state index in [9.17, 15) is 0 Å². The highest BCUT2D eigenvalue weighted by Gasteiger charge is 2.21. The quantitative estimate of drug-likeness (QED) is 0.268. The fourth-order valence-corrected chi connectivity index (χ4v) is 5.62. The largest absolute Gasteiger partial charge is 0.455 e. The topological polar surface area (TPSA) is 28.9 Å². The third-order valence-corrected chi connectivity index (χ3v) is 6.96. The molecule has 0 aliphatic heterocycles. The second-order valence-corrected chi connectivity index (χ2v) is 8.60. The highest BCUT2D eigenvalue weighted by atomic mass is 16.3. The van der Waals surface area contributed by atoms with Gasteiger partial charge >= 0.3 is 0 Å². The number of aromatic nitrogens is 1. The molecule has 0 atom stereocenters. The zero-order chi connectivity index (χ0) is 20.8. The van der Waals surface area contributed by atoms with Crippen LogP contribution in [0.2, 0.25) is 0 Å². The fraction of sp³-hybridized carbons (Fsp3) is 0. The number of aromatic amines is 1. The third-order valence-electron chi connectivity index (χ3n) is 6.96. The van der Waals surface area contributed by atoms with Crippen molar-refractivity contribution in [2.24, 2.45) is 0 Å². The first kappa shape index (κ1) is 16.4. The highest BCUT2D eigenvalue weighted by molar-refractivity contribution is 6.40. The van der Waals surface area contributed by atoms with Gasteiger partial charge in [0, 0.05) is 37.8 Å². The summed E-state index contributed by atoms with van der Waals surface area (Å²) in [6.45, 7) is 0. The number of nitrogens with one attached hydrogen (secondary N) is 1. The minimum Gasteiger partial charge on any atom is -0.455 e. The standard InChI is InChI=1S/C30H17NO/c1-3-9-19-17(7-1)13-15-23-25(19)27-28-26-20-10-4-2-8-18(20)14-16-24(26)32-30(28)22-12-6-5-11-21(22)29(27)31-23/h1-16,31H. The van der Waals surface area contributed by atoms with E-state index >= 15 is 0 Å². The molecule has 0 bridgehead atoms. The molecule has 6 aromatic carbocycles. The molecular formula is C30H17NO. The second kappa shape index (κ2) is 5.68. The number of fused-ring (bicyclic) bond motifs is 14. The first-order valence-corrected chi connectivity index (χ1v) is 11.0. The van der Waals surface area contributed by atoms with E-state index < -0.39 is 0 Å². The summed E-state index contributed by atoms with van der Waals surface area (Å²) < 4.78 is 6.60. The Kier molecular flexibility index (Phi) is 2.91. The van der Waals surface area contributed by atoms with Gasteiger partial charge in [0.2, 0.25) is 0 Å². The van der Waals surface area contributed by atoms with Gasteiger partial charge in [-0.05, 0) is 33.7 Å². The summed E-state index contributed by atoms with van der Waals surface area (Å²) in [4.78, 5) is 3.77. The maximum absolute atomic E-state index is 6.60. The average Bonchev–Trinajstić information content (AvgIpc) is 3.43. The van der Waals surface area contributed by atoms with Crippen molar-refractivity contribution >= 4 is 76.1 Å². The van der Waals surface area contributed by atoms with Gasteiger partial charge in [-0.1, -0.05) is 84.9 Å². The number of rotatable bonds is 0. The lowest BCUT2D eigenvalue weighted by Gasteiger charge is -2.05. The number of H-pyrrole nitrogens is 1. The molecule has 2 heteroatoms. The minimum atomic E-state index is 0.936. The molecule has 0 saturated heterocycles. The molecule has 0 aliphatic carbocycles. The summed E-state index contributed by atoms with van der Waals surface area (Å²) in [5.41, 5.74) is 4.24. The van der Waals surface area contributed by atoms with Crippen molar-refractivity contribution in [1.29, 1.82) is 0 Å². The number of furan rings is 1. The predicted octanol–water partition coefficient (Wildman–Crippen LogP) is 8.68. The van der Waals surface area contributed by atoms with Crippen LogP contribution >= 0.6 is 0 Å². The molecule has 2 heterocycles. The maximum Gasteiger partial charge on any atom is 0.144 e. The molecule has 0 spiro atoms. The van der Waals surface area contributed by atoms with Crippen LogP contribution in [-0.2, 0) is 0 Å². The Labute approximate surface area is 182 Å². The summed E-state index contributed by atoms with van der Waals surface area (Å²) in [5, 5.41) is 12.2. The first-order chi connectivity index (χ1) is 15.9. The predicted molar refractivity (Wildman–Crippen MR) is 136 cm³/mol. The molecule has 2 aromatic heterocycles. The second-order valence-electron chi connectivity index (χ2n) is 8.60. The highest BCUT2D eigenvalue weighted by Crippen LogP contribution is 2.46. The molecule has 1 N–H and O–H groups in total. The fourth-order valence-electron chi connectivity index (χ4n) is 5.62. The molecule has 0 radical (unpaired) electrons. The van der Waals surface area contributed by atoms with Gasteiger partial charge in [-0.25, -0.2) is 0 Å². The normalized spacial score (nSPS) is 12.4. The SMILES string of the molecule is c1ccc2c(c1)ccc1[nH]c3c4ccccc4c4oc5ccc6ccccc6c5c4c3c12. The van der Waals surface area contributed by atoms with Crippen molar-refractivity contribution in [3.05, 3.63) is 97.1 Å². The summed E-state index contributed by atoms with van der Waals surface area (Å²) in [5.74, 6) is 0. The lowest BCUT2D eigenvalue weighted by molar-refractivity contribution is 0.673. The summed E-state index contributed by atoms with van der Waals surface area (Å²) >= 11 is 0. The number of hydrogen-bond acceptors (Lipinski definition) is 1. The van der Waals surface area contributed by atoms with Gasteiger partial charge in [0.15, 0.2) is 0 Å². The van der Waals surface area contributed by atoms with Crippen LogP contribution in [0.15, 0.2) is 101 Å². The minimum absolute atomic E-state index is 0.936. The van der Waals surface area contributed by atoms with Crippen molar-refractivity contribution in [1.82, 2.24) is 4.98 Å². The van der Waals surface area contributed by atoms with Gasteiger partial charge in [-0.3, -0.25) is 0 Å². The van der Waals surface area contributed by atoms with E-state index in [2.05, 4.69) is 102 Å². The van der Waals surface area contributed by atoms with Crippen LogP contribution in [-0.4, -0.2) is 4.98 Å². The molecule has 32 heavy (non-hydrogen) atoms. The zero-order valence-corrected chi connectivity index (χ0v) is 17.1. The van der Waals surface area contributed by atoms with Gasteiger partial charge in [-0.15, -0.1) is 0 Å². The van der Waals surface area contributed by atoms with Crippen LogP contribution in [0, 0.1) is 0 Å². The molecule has 8 aromatic rings. The smallest absolute Gasteiger partial charge is 0.144 e. The molecular weight excluding hydrogens is 390 g/mol. The summed E-state index contributed by atoms with van der Waals surface area (Å²) in [6.07, 6.45) is 0. The Morgan fingerprint density at radius 3 is 1.88 bits per heavy atom. The van der Waals surface area contributed by atoms with Crippen molar-refractivity contribution in [2.75, 3.05) is 0 Å². The van der Waals surface area contributed by atoms with Crippen LogP contribution in [0.25, 0.3) is 76.1 Å². The average molecular weight is 407 g/mol. The molecule has 148 valence electrons. The Morgan fingerprint density at radius 2 is 1.09 bits per heavy atom. The molecule has 0 saturated carbocycles. The van der Waals surface area contributed by atoms with Gasteiger partial charge in [0.05, 0.1) is 5.52 Å². The van der Waals surface area contributed by atoms with E-state index in [1.54, 1.807) is 0 Å². The zero-order valence-electron chi connectivity index (χ0n) is 17.1. The lowest BCUT2D eigenvalue weighted by Crippen LogP contribution is -1.80. The Bertz CT molecular complexity index is 1890. The third kappa shape index (κ3) is 1.91. The van der Waals surface area contributed by atoms with Crippen LogP contribution in [0.1, 0.15) is 0 Å². The van der Waals surface area contributed by atoms with Crippen LogP contribution in [0.5, 0.6) is 0 Å². The maximum atomic E-state index is 6.60. The van der Waals surface area contributed by atoms with Gasteiger partial charge in [0.1, 0.15) is 11.2 Å². The van der Waals surface area contributed by atoms with Gasteiger partial charge in [0.25, 0.3) is 0 Å². The Hall–Kier alpha value is -4.30. The first-order valence-electron chi connectivity index (χ1n) is 11.0. The molecule has 0 unspecified atom stereocenters. The van der Waals surface area contributed by atoms with E-state index in [1.807, 2.05) is 0 Å². The summed E-state index contributed by atoms with van der Waals surface area (Å²) in [7, 11) is 0. The van der Waals surface area contributed by atoms with Crippen LogP contribution < -0.4 is 0 Å². The Balaban J connectivity index is 1.82. The van der Waals surface area contributed by atoms with E-state index in [-0.39, 0.29) is 0 Å². The lowest BCUT2D eigenvalue weighted by atomic mass is 9.95. The summed E-state index contributed by atoms with van der Waals surface area (Å²) in [6, 6.07) is 34.5. The van der Waals surface area contributed by atoms with Crippen molar-refractivity contribution in [2.45, 2.75) is 0 Å². The van der Waals surface area contributed by atoms with Crippen molar-refractivity contribution in [3.8, 4) is 0 Å². The molecule has 0 fully saturated rings. The monoisotopic (exact) mass is 407 g/mol. The van der Waals surface area contributed by atoms with E-state index in [0.29, 0.717) is 0 Å². The van der Waals surface area contributed by atoms with Crippen molar-refractivity contribution in [3.63, 3.8) is 0 Å². The van der Waals surface area contributed by atoms with E-state index in [1.165, 1.54) is 54.0 Å². The molecule has 2 nitrogen and oxygen atoms in total. The van der Waals surface area contributed by atoms with Gasteiger partial charge in [-0.2, -0.15) is 0 Å². The molecule has 0 amide bonds. The van der Waals surface area contributed by atoms with E-state index in [4.69, 9.17) is 4.42 Å². The van der Waals surface area contributed by atoms with Crippen molar-refractivity contribution < 1.29 is 4.42 Å². The van der Waals surface area contributed by atoms with E-state index in [0.717, 1.165) is 22.1 Å².